The average molecular weight is 264 g/mol. The molecular formula is C11H12N4O2S. The van der Waals surface area contributed by atoms with Crippen molar-refractivity contribution in [2.45, 2.75) is 35.7 Å². The maximum absolute atomic E-state index is 11.6. The number of H-pyrrole nitrogens is 1. The number of aliphatic hydroxyl groups excluding tert-OH is 1. The predicted octanol–water partition coefficient (Wildman–Crippen LogP) is 0.945. The van der Waals surface area contributed by atoms with Crippen LogP contribution in [0.2, 0.25) is 0 Å². The first-order valence-electron chi connectivity index (χ1n) is 5.69. The Bertz CT molecular complexity index is 618. The minimum Gasteiger partial charge on any atom is -0.392 e. The minimum atomic E-state index is -0.179. The molecule has 2 aromatic heterocycles. The third-order valence-corrected chi connectivity index (χ3v) is 3.82. The van der Waals surface area contributed by atoms with Crippen molar-refractivity contribution in [3.8, 4) is 0 Å². The summed E-state index contributed by atoms with van der Waals surface area (Å²) < 4.78 is 1.67. The van der Waals surface area contributed by atoms with Crippen LogP contribution in [0.25, 0.3) is 0 Å². The lowest BCUT2D eigenvalue weighted by Crippen LogP contribution is -2.16. The second-order valence-corrected chi connectivity index (χ2v) is 5.10. The van der Waals surface area contributed by atoms with Gasteiger partial charge in [-0.15, -0.1) is 5.10 Å². The summed E-state index contributed by atoms with van der Waals surface area (Å²) in [5.74, 6) is 0. The van der Waals surface area contributed by atoms with Crippen molar-refractivity contribution in [3.05, 3.63) is 34.4 Å². The number of aliphatic hydroxyl groups is 1. The Morgan fingerprint density at radius 3 is 3.11 bits per heavy atom. The van der Waals surface area contributed by atoms with Gasteiger partial charge in [0.2, 0.25) is 0 Å². The first-order chi connectivity index (χ1) is 8.79. The number of hydrogen-bond acceptors (Lipinski definition) is 5. The highest BCUT2D eigenvalue weighted by atomic mass is 32.2. The van der Waals surface area contributed by atoms with E-state index in [1.165, 1.54) is 11.8 Å². The lowest BCUT2D eigenvalue weighted by molar-refractivity contribution is 0.278. The van der Waals surface area contributed by atoms with Crippen molar-refractivity contribution >= 4 is 11.8 Å². The minimum absolute atomic E-state index is 0.0751. The maximum atomic E-state index is 11.6. The van der Waals surface area contributed by atoms with Crippen LogP contribution in [-0.2, 0) is 6.61 Å². The van der Waals surface area contributed by atoms with Crippen molar-refractivity contribution in [3.63, 3.8) is 0 Å². The summed E-state index contributed by atoms with van der Waals surface area (Å²) in [5.41, 5.74) is 0.557. The molecule has 3 rings (SSSR count). The van der Waals surface area contributed by atoms with E-state index in [0.29, 0.717) is 10.2 Å². The molecule has 2 heterocycles. The molecule has 7 heteroatoms. The number of hydrogen-bond donors (Lipinski definition) is 2. The molecule has 6 nitrogen and oxygen atoms in total. The summed E-state index contributed by atoms with van der Waals surface area (Å²) in [5, 5.41) is 17.0. The van der Waals surface area contributed by atoms with Crippen LogP contribution in [0.5, 0.6) is 0 Å². The molecule has 0 aliphatic heterocycles. The van der Waals surface area contributed by atoms with Gasteiger partial charge in [-0.2, -0.15) is 0 Å². The van der Waals surface area contributed by atoms with Gasteiger partial charge in [-0.3, -0.25) is 4.57 Å². The van der Waals surface area contributed by atoms with Crippen molar-refractivity contribution < 1.29 is 5.11 Å². The van der Waals surface area contributed by atoms with E-state index in [0.717, 1.165) is 18.4 Å². The molecule has 2 N–H and O–H groups in total. The zero-order valence-corrected chi connectivity index (χ0v) is 10.4. The van der Waals surface area contributed by atoms with E-state index < -0.39 is 0 Å². The Labute approximate surface area is 107 Å². The molecule has 0 atom stereocenters. The molecule has 18 heavy (non-hydrogen) atoms. The van der Waals surface area contributed by atoms with Gasteiger partial charge in [0, 0.05) is 17.8 Å². The van der Waals surface area contributed by atoms with Gasteiger partial charge in [-0.1, -0.05) is 6.07 Å². The lowest BCUT2D eigenvalue weighted by atomic mass is 10.3. The monoisotopic (exact) mass is 264 g/mol. The Morgan fingerprint density at radius 1 is 1.56 bits per heavy atom. The molecule has 0 bridgehead atoms. The number of nitrogens with one attached hydrogen (secondary N) is 1. The van der Waals surface area contributed by atoms with Crippen LogP contribution in [0.15, 0.2) is 33.3 Å². The van der Waals surface area contributed by atoms with Gasteiger partial charge in [0.25, 0.3) is 0 Å². The second kappa shape index (κ2) is 4.58. The second-order valence-electron chi connectivity index (χ2n) is 4.14. The van der Waals surface area contributed by atoms with E-state index in [2.05, 4.69) is 15.2 Å². The van der Waals surface area contributed by atoms with Crippen LogP contribution in [0.1, 0.15) is 24.4 Å². The molecule has 94 valence electrons. The summed E-state index contributed by atoms with van der Waals surface area (Å²) in [6, 6.07) is 3.84. The topological polar surface area (TPSA) is 83.8 Å². The highest BCUT2D eigenvalue weighted by Crippen LogP contribution is 2.37. The maximum Gasteiger partial charge on any atom is 0.344 e. The van der Waals surface area contributed by atoms with Crippen LogP contribution >= 0.6 is 11.8 Å². The zero-order valence-electron chi connectivity index (χ0n) is 9.54. The van der Waals surface area contributed by atoms with E-state index >= 15 is 0 Å². The molecule has 0 saturated heterocycles. The number of rotatable bonds is 4. The third-order valence-electron chi connectivity index (χ3n) is 2.79. The fourth-order valence-electron chi connectivity index (χ4n) is 1.74. The number of nitrogens with zero attached hydrogens (tertiary/aromatic N) is 3. The number of pyridine rings is 1. The van der Waals surface area contributed by atoms with Gasteiger partial charge in [0.15, 0.2) is 5.16 Å². The van der Waals surface area contributed by atoms with Gasteiger partial charge < -0.3 is 5.11 Å². The van der Waals surface area contributed by atoms with Crippen LogP contribution in [0.4, 0.5) is 0 Å². The molecule has 0 unspecified atom stereocenters. The van der Waals surface area contributed by atoms with Crippen molar-refractivity contribution in [2.24, 2.45) is 0 Å². The van der Waals surface area contributed by atoms with Crippen molar-refractivity contribution in [2.75, 3.05) is 0 Å². The van der Waals surface area contributed by atoms with Crippen LogP contribution in [0, 0.1) is 0 Å². The fourth-order valence-corrected chi connectivity index (χ4v) is 2.71. The zero-order chi connectivity index (χ0) is 12.5. The summed E-state index contributed by atoms with van der Waals surface area (Å²) in [6.45, 7) is -0.0751. The van der Waals surface area contributed by atoms with E-state index in [4.69, 9.17) is 0 Å². The van der Waals surface area contributed by atoms with E-state index in [1.807, 2.05) is 6.07 Å². The van der Waals surface area contributed by atoms with E-state index in [9.17, 15) is 9.90 Å². The lowest BCUT2D eigenvalue weighted by Gasteiger charge is -2.05. The highest BCUT2D eigenvalue weighted by Gasteiger charge is 2.29. The number of aromatic amines is 1. The van der Waals surface area contributed by atoms with Crippen LogP contribution in [-0.4, -0.2) is 24.9 Å². The smallest absolute Gasteiger partial charge is 0.344 e. The SMILES string of the molecule is O=c1[nH]nc(Sc2ncccc2CO)n1C1CC1. The number of aromatic nitrogens is 4. The summed E-state index contributed by atoms with van der Waals surface area (Å²) in [7, 11) is 0. The Morgan fingerprint density at radius 2 is 2.39 bits per heavy atom. The average Bonchev–Trinajstić information content (AvgIpc) is 3.16. The van der Waals surface area contributed by atoms with Gasteiger partial charge in [-0.05, 0) is 30.7 Å². The summed E-state index contributed by atoms with van der Waals surface area (Å²) >= 11 is 1.30. The largest absolute Gasteiger partial charge is 0.392 e. The Kier molecular flexibility index (Phi) is 2.92. The predicted molar refractivity (Wildman–Crippen MR) is 65.4 cm³/mol. The third kappa shape index (κ3) is 2.06. The molecule has 0 radical (unpaired) electrons. The van der Waals surface area contributed by atoms with E-state index in [-0.39, 0.29) is 18.3 Å². The van der Waals surface area contributed by atoms with Gasteiger partial charge in [0.05, 0.1) is 6.61 Å². The first kappa shape index (κ1) is 11.5. The molecular weight excluding hydrogens is 252 g/mol. The molecule has 2 aromatic rings. The van der Waals surface area contributed by atoms with Gasteiger partial charge >= 0.3 is 5.69 Å². The molecule has 1 saturated carbocycles. The highest BCUT2D eigenvalue weighted by molar-refractivity contribution is 7.99. The van der Waals surface area contributed by atoms with Crippen molar-refractivity contribution in [1.82, 2.24) is 19.7 Å². The summed E-state index contributed by atoms with van der Waals surface area (Å²) in [6.07, 6.45) is 3.69. The first-order valence-corrected chi connectivity index (χ1v) is 6.50. The Balaban J connectivity index is 1.95. The van der Waals surface area contributed by atoms with Crippen molar-refractivity contribution in [1.29, 1.82) is 0 Å². The molecule has 1 aliphatic rings. The van der Waals surface area contributed by atoms with Gasteiger partial charge in [0.1, 0.15) is 5.03 Å². The fraction of sp³-hybridized carbons (Fsp3) is 0.364. The summed E-state index contributed by atoms with van der Waals surface area (Å²) in [4.78, 5) is 15.8. The molecule has 1 aliphatic carbocycles. The molecule has 1 fully saturated rings. The van der Waals surface area contributed by atoms with Crippen LogP contribution in [0.3, 0.4) is 0 Å². The molecule has 0 spiro atoms. The van der Waals surface area contributed by atoms with Crippen LogP contribution < -0.4 is 5.69 Å². The van der Waals surface area contributed by atoms with E-state index in [1.54, 1.807) is 16.8 Å². The normalized spacial score (nSPS) is 14.9. The molecule has 0 aromatic carbocycles. The quantitative estimate of drug-likeness (QED) is 0.858. The standard InChI is InChI=1S/C11H12N4O2S/c16-6-7-2-1-5-12-9(7)18-11-14-13-10(17)15(11)8-3-4-8/h1-2,5,8,16H,3-4,6H2,(H,13,17). The van der Waals surface area contributed by atoms with Gasteiger partial charge in [-0.25, -0.2) is 14.9 Å². The Hall–Kier alpha value is -1.60. The molecule has 0 amide bonds.